The predicted molar refractivity (Wildman–Crippen MR) is 51.5 cm³/mol. The van der Waals surface area contributed by atoms with Gasteiger partial charge in [0.25, 0.3) is 0 Å². The molecule has 0 saturated carbocycles. The minimum atomic E-state index is -5.69. The number of hydrogen-bond donors (Lipinski definition) is 0. The smallest absolute Gasteiger partial charge is 0.384 e. The average molecular weight is 270 g/mol. The van der Waals surface area contributed by atoms with E-state index in [2.05, 4.69) is 4.18 Å². The summed E-state index contributed by atoms with van der Waals surface area (Å²) < 4.78 is 72.8. The van der Waals surface area contributed by atoms with Crippen molar-refractivity contribution in [3.63, 3.8) is 0 Å². The number of benzene rings is 1. The summed E-state index contributed by atoms with van der Waals surface area (Å²) in [7, 11) is -5.69. The molecule has 0 aliphatic carbocycles. The van der Waals surface area contributed by atoms with Crippen LogP contribution in [-0.4, -0.2) is 13.9 Å². The highest BCUT2D eigenvalue weighted by Crippen LogP contribution is 2.24. The molecule has 0 spiro atoms. The molecular weight excluding hydrogens is 264 g/mol. The summed E-state index contributed by atoms with van der Waals surface area (Å²) >= 11 is 0. The van der Waals surface area contributed by atoms with Crippen LogP contribution in [0, 0.1) is 5.82 Å². The van der Waals surface area contributed by atoms with Crippen molar-refractivity contribution in [2.24, 2.45) is 0 Å². The second-order valence-corrected chi connectivity index (χ2v) is 4.38. The van der Waals surface area contributed by atoms with Crippen molar-refractivity contribution in [3.05, 3.63) is 41.9 Å². The Kier molecular flexibility index (Phi) is 3.76. The van der Waals surface area contributed by atoms with Crippen LogP contribution in [0.1, 0.15) is 5.56 Å². The molecule has 0 fully saturated rings. The van der Waals surface area contributed by atoms with Gasteiger partial charge in [0.15, 0.2) is 0 Å². The molecule has 0 saturated heterocycles. The third kappa shape index (κ3) is 3.45. The maximum Gasteiger partial charge on any atom is 0.534 e. The van der Waals surface area contributed by atoms with Crippen molar-refractivity contribution in [3.8, 4) is 0 Å². The summed E-state index contributed by atoms with van der Waals surface area (Å²) in [4.78, 5) is 0. The molecule has 3 nitrogen and oxygen atoms in total. The van der Waals surface area contributed by atoms with Crippen LogP contribution in [0.2, 0.25) is 0 Å². The quantitative estimate of drug-likeness (QED) is 0.367. The molecule has 1 aromatic carbocycles. The van der Waals surface area contributed by atoms with Gasteiger partial charge in [-0.2, -0.15) is 21.6 Å². The zero-order valence-electron chi connectivity index (χ0n) is 8.11. The molecule has 17 heavy (non-hydrogen) atoms. The largest absolute Gasteiger partial charge is 0.534 e. The van der Waals surface area contributed by atoms with Crippen LogP contribution < -0.4 is 0 Å². The molecule has 1 aromatic rings. The van der Waals surface area contributed by atoms with E-state index >= 15 is 0 Å². The van der Waals surface area contributed by atoms with E-state index in [0.717, 1.165) is 12.1 Å². The summed E-state index contributed by atoms with van der Waals surface area (Å²) in [5, 5.41) is 0. The van der Waals surface area contributed by atoms with Crippen molar-refractivity contribution in [2.45, 2.75) is 5.51 Å². The molecule has 0 heterocycles. The molecule has 0 aromatic heterocycles. The number of hydrogen-bond acceptors (Lipinski definition) is 3. The van der Waals surface area contributed by atoms with Gasteiger partial charge in [0.1, 0.15) is 12.1 Å². The first kappa shape index (κ1) is 13.5. The van der Waals surface area contributed by atoms with Gasteiger partial charge >= 0.3 is 15.6 Å². The first-order valence-electron chi connectivity index (χ1n) is 4.15. The lowest BCUT2D eigenvalue weighted by atomic mass is 10.2. The van der Waals surface area contributed by atoms with Crippen LogP contribution in [-0.2, 0) is 14.3 Å². The van der Waals surface area contributed by atoms with Gasteiger partial charge in [-0.1, -0.05) is 18.2 Å². The summed E-state index contributed by atoms with van der Waals surface area (Å²) in [5.74, 6) is -0.711. The van der Waals surface area contributed by atoms with Crippen LogP contribution in [0.3, 0.4) is 0 Å². The highest BCUT2D eigenvalue weighted by molar-refractivity contribution is 7.87. The number of halogens is 4. The highest BCUT2D eigenvalue weighted by atomic mass is 32.2. The molecular formula is C9H6F4O3S. The molecule has 1 rings (SSSR count). The van der Waals surface area contributed by atoms with Gasteiger partial charge in [-0.25, -0.2) is 4.39 Å². The Labute approximate surface area is 94.4 Å². The van der Waals surface area contributed by atoms with Gasteiger partial charge < -0.3 is 4.18 Å². The van der Waals surface area contributed by atoms with Gasteiger partial charge in [0.2, 0.25) is 0 Å². The molecule has 94 valence electrons. The van der Waals surface area contributed by atoms with E-state index in [-0.39, 0.29) is 11.8 Å². The van der Waals surface area contributed by atoms with E-state index in [1.54, 1.807) is 0 Å². The summed E-state index contributed by atoms with van der Waals surface area (Å²) in [6.07, 6.45) is 1.04. The minimum Gasteiger partial charge on any atom is -0.384 e. The van der Waals surface area contributed by atoms with Crippen LogP contribution in [0.15, 0.2) is 30.5 Å². The summed E-state index contributed by atoms with van der Waals surface area (Å²) in [6, 6.07) is 5.12. The molecule has 0 bridgehead atoms. The Hall–Kier alpha value is -1.57. The Morgan fingerprint density at radius 2 is 1.76 bits per heavy atom. The van der Waals surface area contributed by atoms with Crippen LogP contribution >= 0.6 is 0 Å². The summed E-state index contributed by atoms with van der Waals surface area (Å²) in [6.45, 7) is 0. The van der Waals surface area contributed by atoms with E-state index < -0.39 is 21.4 Å². The fourth-order valence-electron chi connectivity index (χ4n) is 0.839. The van der Waals surface area contributed by atoms with Crippen molar-refractivity contribution in [2.75, 3.05) is 0 Å². The molecule has 0 N–H and O–H groups in total. The molecule has 8 heteroatoms. The average Bonchev–Trinajstić information content (AvgIpc) is 2.19. The van der Waals surface area contributed by atoms with Gasteiger partial charge in [-0.15, -0.1) is 0 Å². The molecule has 0 aliphatic heterocycles. The second kappa shape index (κ2) is 4.74. The molecule has 0 radical (unpaired) electrons. The van der Waals surface area contributed by atoms with Crippen molar-refractivity contribution < 1.29 is 30.2 Å². The Morgan fingerprint density at radius 1 is 1.18 bits per heavy atom. The lowest BCUT2D eigenvalue weighted by Gasteiger charge is -2.05. The lowest BCUT2D eigenvalue weighted by Crippen LogP contribution is -2.23. The normalized spacial score (nSPS) is 12.9. The van der Waals surface area contributed by atoms with Gasteiger partial charge in [0, 0.05) is 5.56 Å². The van der Waals surface area contributed by atoms with Crippen molar-refractivity contribution in [1.29, 1.82) is 0 Å². The van der Waals surface area contributed by atoms with Crippen molar-refractivity contribution >= 4 is 16.2 Å². The van der Waals surface area contributed by atoms with Crippen LogP contribution in [0.5, 0.6) is 0 Å². The number of rotatable bonds is 3. The highest BCUT2D eigenvalue weighted by Gasteiger charge is 2.47. The van der Waals surface area contributed by atoms with Gasteiger partial charge in [0.05, 0.1) is 0 Å². The molecule has 0 atom stereocenters. The fourth-order valence-corrected chi connectivity index (χ4v) is 1.15. The van der Waals surface area contributed by atoms with Crippen LogP contribution in [0.4, 0.5) is 17.6 Å². The zero-order chi connectivity index (χ0) is 13.1. The van der Waals surface area contributed by atoms with Gasteiger partial charge in [-0.3, -0.25) is 0 Å². The molecule has 0 aliphatic rings. The third-order valence-corrected chi connectivity index (χ3v) is 2.55. The first-order chi connectivity index (χ1) is 7.74. The third-order valence-electron chi connectivity index (χ3n) is 1.62. The lowest BCUT2D eigenvalue weighted by molar-refractivity contribution is -0.0514. The van der Waals surface area contributed by atoms with E-state index in [1.165, 1.54) is 18.2 Å². The van der Waals surface area contributed by atoms with E-state index in [4.69, 9.17) is 0 Å². The van der Waals surface area contributed by atoms with Crippen LogP contribution in [0.25, 0.3) is 6.08 Å². The number of alkyl halides is 3. The van der Waals surface area contributed by atoms with E-state index in [9.17, 15) is 26.0 Å². The monoisotopic (exact) mass is 270 g/mol. The maximum atomic E-state index is 13.0. The minimum absolute atomic E-state index is 0.0927. The standard InChI is InChI=1S/C9H6F4O3S/c10-8-4-2-1-3-7(8)5-6-16-17(14,15)9(11,12)13/h1-6H. The Bertz CT molecular complexity index is 519. The van der Waals surface area contributed by atoms with E-state index in [1.807, 2.05) is 0 Å². The van der Waals surface area contributed by atoms with Crippen molar-refractivity contribution in [1.82, 2.24) is 0 Å². The Morgan fingerprint density at radius 3 is 2.29 bits per heavy atom. The Balaban J connectivity index is 2.80. The molecule has 0 amide bonds. The molecule has 0 unspecified atom stereocenters. The second-order valence-electron chi connectivity index (χ2n) is 2.82. The summed E-state index contributed by atoms with van der Waals surface area (Å²) in [5.41, 5.74) is -5.60. The maximum absolute atomic E-state index is 13.0. The zero-order valence-corrected chi connectivity index (χ0v) is 8.93. The SMILES string of the molecule is O=S(=O)(OC=Cc1ccccc1F)C(F)(F)F. The van der Waals surface area contributed by atoms with Gasteiger partial charge in [-0.05, 0) is 12.1 Å². The van der Waals surface area contributed by atoms with E-state index in [0.29, 0.717) is 0 Å². The topological polar surface area (TPSA) is 43.4 Å². The predicted octanol–water partition coefficient (Wildman–Crippen LogP) is 2.66. The first-order valence-corrected chi connectivity index (χ1v) is 5.55. The fraction of sp³-hybridized carbons (Fsp3) is 0.111.